The highest BCUT2D eigenvalue weighted by atomic mass is 32.2. The second kappa shape index (κ2) is 4.52. The average Bonchev–Trinajstić information content (AvgIpc) is 2.50. The molecule has 0 spiro atoms. The number of hydrogen-bond acceptors (Lipinski definition) is 4. The molecule has 0 aromatic carbocycles. The summed E-state index contributed by atoms with van der Waals surface area (Å²) in [5.41, 5.74) is 0. The molecule has 0 aliphatic rings. The molecule has 0 bridgehead atoms. The van der Waals surface area contributed by atoms with Crippen LogP contribution in [-0.2, 0) is 16.6 Å². The Hall–Kier alpha value is -0.950. The van der Waals surface area contributed by atoms with Gasteiger partial charge >= 0.3 is 0 Å². The lowest BCUT2D eigenvalue weighted by Gasteiger charge is -2.06. The van der Waals surface area contributed by atoms with Crippen LogP contribution in [0.4, 0.5) is 0 Å². The van der Waals surface area contributed by atoms with Gasteiger partial charge in [0.05, 0.1) is 12.3 Å². The topological polar surface area (TPSA) is 87.7 Å². The van der Waals surface area contributed by atoms with Crippen LogP contribution < -0.4 is 4.72 Å². The number of sulfonamides is 1. The summed E-state index contributed by atoms with van der Waals surface area (Å²) in [6, 6.07) is 0. The van der Waals surface area contributed by atoms with Crippen LogP contribution in [0.2, 0.25) is 0 Å². The summed E-state index contributed by atoms with van der Waals surface area (Å²) >= 11 is 0. The lowest BCUT2D eigenvalue weighted by molar-refractivity contribution is 0.566. The molecule has 0 saturated heterocycles. The van der Waals surface area contributed by atoms with Gasteiger partial charge in [-0.1, -0.05) is 13.8 Å². The molecule has 2 N–H and O–H groups in total. The van der Waals surface area contributed by atoms with Crippen LogP contribution in [0.1, 0.15) is 19.7 Å². The van der Waals surface area contributed by atoms with Gasteiger partial charge in [0.15, 0.2) is 0 Å². The quantitative estimate of drug-likeness (QED) is 0.721. The minimum absolute atomic E-state index is 0.113. The van der Waals surface area contributed by atoms with Gasteiger partial charge in [0.2, 0.25) is 10.0 Å². The van der Waals surface area contributed by atoms with Crippen LogP contribution in [-0.4, -0.2) is 29.4 Å². The maximum absolute atomic E-state index is 11.4. The fourth-order valence-electron chi connectivity index (χ4n) is 0.992. The van der Waals surface area contributed by atoms with Gasteiger partial charge in [-0.3, -0.25) is 5.10 Å². The minimum Gasteiger partial charge on any atom is -0.262 e. The predicted octanol–water partition coefficient (Wildman–Crippen LogP) is -0.120. The third-order valence-corrected chi connectivity index (χ3v) is 3.17. The first kappa shape index (κ1) is 11.1. The van der Waals surface area contributed by atoms with Crippen LogP contribution in [0.5, 0.6) is 0 Å². The van der Waals surface area contributed by atoms with Crippen molar-refractivity contribution in [2.45, 2.75) is 20.4 Å². The van der Waals surface area contributed by atoms with E-state index >= 15 is 0 Å². The van der Waals surface area contributed by atoms with Gasteiger partial charge in [-0.05, 0) is 5.92 Å². The molecule has 1 aromatic heterocycles. The van der Waals surface area contributed by atoms with E-state index in [2.05, 4.69) is 19.9 Å². The van der Waals surface area contributed by atoms with Gasteiger partial charge in [-0.15, -0.1) is 0 Å². The summed E-state index contributed by atoms with van der Waals surface area (Å²) in [6.45, 7) is 3.87. The standard InChI is InChI=1S/C7H14N4O2S/c1-6(2)4-14(12,13)10-3-7-8-5-9-11-7/h5-6,10H,3-4H2,1-2H3,(H,8,9,11). The van der Waals surface area contributed by atoms with Crippen molar-refractivity contribution in [1.29, 1.82) is 0 Å². The molecule has 0 atom stereocenters. The highest BCUT2D eigenvalue weighted by Crippen LogP contribution is 1.98. The molecule has 0 unspecified atom stereocenters. The molecular formula is C7H14N4O2S. The Morgan fingerprint density at radius 3 is 2.79 bits per heavy atom. The Kier molecular flexibility index (Phi) is 3.59. The molecule has 1 aromatic rings. The molecule has 0 radical (unpaired) electrons. The van der Waals surface area contributed by atoms with E-state index < -0.39 is 10.0 Å². The van der Waals surface area contributed by atoms with E-state index in [1.165, 1.54) is 6.33 Å². The van der Waals surface area contributed by atoms with Gasteiger partial charge in [-0.2, -0.15) is 5.10 Å². The SMILES string of the molecule is CC(C)CS(=O)(=O)NCc1ncn[nH]1. The average molecular weight is 218 g/mol. The molecule has 6 nitrogen and oxygen atoms in total. The van der Waals surface area contributed by atoms with Crippen LogP contribution in [0.3, 0.4) is 0 Å². The van der Waals surface area contributed by atoms with Crippen molar-refractivity contribution in [3.63, 3.8) is 0 Å². The van der Waals surface area contributed by atoms with Gasteiger partial charge < -0.3 is 0 Å². The fraction of sp³-hybridized carbons (Fsp3) is 0.714. The number of nitrogens with zero attached hydrogens (tertiary/aromatic N) is 2. The zero-order valence-electron chi connectivity index (χ0n) is 8.19. The van der Waals surface area contributed by atoms with Gasteiger partial charge in [-0.25, -0.2) is 18.1 Å². The zero-order chi connectivity index (χ0) is 10.6. The number of aromatic amines is 1. The van der Waals surface area contributed by atoms with Crippen molar-refractivity contribution in [2.24, 2.45) is 5.92 Å². The molecule has 80 valence electrons. The van der Waals surface area contributed by atoms with Crippen LogP contribution in [0, 0.1) is 5.92 Å². The zero-order valence-corrected chi connectivity index (χ0v) is 9.00. The molecule has 0 aliphatic carbocycles. The van der Waals surface area contributed by atoms with Gasteiger partial charge in [0, 0.05) is 0 Å². The highest BCUT2D eigenvalue weighted by Gasteiger charge is 2.12. The first-order valence-corrected chi connectivity index (χ1v) is 5.96. The molecule has 0 saturated carbocycles. The third kappa shape index (κ3) is 3.84. The van der Waals surface area contributed by atoms with Gasteiger partial charge in [0.1, 0.15) is 12.2 Å². The second-order valence-corrected chi connectivity index (χ2v) is 5.28. The number of H-pyrrole nitrogens is 1. The molecule has 14 heavy (non-hydrogen) atoms. The van der Waals surface area contributed by atoms with Crippen LogP contribution >= 0.6 is 0 Å². The lowest BCUT2D eigenvalue weighted by atomic mass is 10.3. The van der Waals surface area contributed by atoms with E-state index in [9.17, 15) is 8.42 Å². The lowest BCUT2D eigenvalue weighted by Crippen LogP contribution is -2.28. The number of nitrogens with one attached hydrogen (secondary N) is 2. The Bertz CT molecular complexity index is 357. The number of hydrogen-bond donors (Lipinski definition) is 2. The number of rotatable bonds is 5. The Labute approximate surface area is 83.2 Å². The normalized spacial score (nSPS) is 12.2. The van der Waals surface area contributed by atoms with E-state index in [1.807, 2.05) is 13.8 Å². The van der Waals surface area contributed by atoms with E-state index in [1.54, 1.807) is 0 Å². The molecule has 1 rings (SSSR count). The summed E-state index contributed by atoms with van der Waals surface area (Å²) in [5, 5.41) is 6.19. The molecule has 0 aliphatic heterocycles. The molecule has 1 heterocycles. The van der Waals surface area contributed by atoms with Gasteiger partial charge in [0.25, 0.3) is 0 Å². The second-order valence-electron chi connectivity index (χ2n) is 3.43. The van der Waals surface area contributed by atoms with Crippen molar-refractivity contribution in [3.05, 3.63) is 12.2 Å². The van der Waals surface area contributed by atoms with Crippen molar-refractivity contribution in [2.75, 3.05) is 5.75 Å². The molecular weight excluding hydrogens is 204 g/mol. The summed E-state index contributed by atoms with van der Waals surface area (Å²) in [5.74, 6) is 0.751. The minimum atomic E-state index is -3.19. The number of aromatic nitrogens is 3. The third-order valence-electron chi connectivity index (χ3n) is 1.48. The van der Waals surface area contributed by atoms with Crippen LogP contribution in [0.15, 0.2) is 6.33 Å². The molecule has 0 fully saturated rings. The van der Waals surface area contributed by atoms with E-state index in [-0.39, 0.29) is 18.2 Å². The van der Waals surface area contributed by atoms with E-state index in [0.717, 1.165) is 0 Å². The van der Waals surface area contributed by atoms with E-state index in [0.29, 0.717) is 5.82 Å². The van der Waals surface area contributed by atoms with Crippen molar-refractivity contribution < 1.29 is 8.42 Å². The molecule has 0 amide bonds. The summed E-state index contributed by atoms with van der Waals surface area (Å²) in [4.78, 5) is 3.80. The smallest absolute Gasteiger partial charge is 0.212 e. The van der Waals surface area contributed by atoms with Crippen molar-refractivity contribution in [3.8, 4) is 0 Å². The first-order chi connectivity index (χ1) is 6.49. The predicted molar refractivity (Wildman–Crippen MR) is 51.8 cm³/mol. The summed E-state index contributed by atoms with van der Waals surface area (Å²) in [7, 11) is -3.19. The summed E-state index contributed by atoms with van der Waals surface area (Å²) < 4.78 is 25.2. The largest absolute Gasteiger partial charge is 0.262 e. The van der Waals surface area contributed by atoms with Crippen molar-refractivity contribution in [1.82, 2.24) is 19.9 Å². The molecule has 7 heteroatoms. The maximum atomic E-state index is 11.4. The highest BCUT2D eigenvalue weighted by molar-refractivity contribution is 7.89. The Balaban J connectivity index is 2.45. The fourth-order valence-corrected chi connectivity index (χ4v) is 2.34. The van der Waals surface area contributed by atoms with E-state index in [4.69, 9.17) is 0 Å². The monoisotopic (exact) mass is 218 g/mol. The maximum Gasteiger partial charge on any atom is 0.212 e. The summed E-state index contributed by atoms with van der Waals surface area (Å²) in [6.07, 6.45) is 1.34. The van der Waals surface area contributed by atoms with Crippen molar-refractivity contribution >= 4 is 10.0 Å². The Morgan fingerprint density at radius 1 is 1.57 bits per heavy atom. The van der Waals surface area contributed by atoms with Crippen LogP contribution in [0.25, 0.3) is 0 Å². The Morgan fingerprint density at radius 2 is 2.29 bits per heavy atom. The first-order valence-electron chi connectivity index (χ1n) is 4.31.